The number of thiophene rings is 1. The molecular weight excluding hydrogens is 459 g/mol. The second-order valence-electron chi connectivity index (χ2n) is 8.95. The quantitative estimate of drug-likeness (QED) is 0.302. The van der Waals surface area contributed by atoms with E-state index in [1.807, 2.05) is 40.5 Å². The predicted octanol–water partition coefficient (Wildman–Crippen LogP) is 6.33. The molecule has 0 saturated heterocycles. The van der Waals surface area contributed by atoms with E-state index < -0.39 is 0 Å². The van der Waals surface area contributed by atoms with Crippen LogP contribution in [0.4, 0.5) is 4.39 Å². The lowest BCUT2D eigenvalue weighted by molar-refractivity contribution is 0.0679. The Morgan fingerprint density at radius 2 is 2.03 bits per heavy atom. The third-order valence-corrected chi connectivity index (χ3v) is 7.71. The maximum Gasteiger partial charge on any atom is 0.255 e. The topological polar surface area (TPSA) is 50.5 Å². The molecule has 6 rings (SSSR count). The van der Waals surface area contributed by atoms with Gasteiger partial charge in [0.2, 0.25) is 0 Å². The zero-order chi connectivity index (χ0) is 24.1. The molecule has 35 heavy (non-hydrogen) atoms. The first-order valence-corrected chi connectivity index (χ1v) is 12.4. The van der Waals surface area contributed by atoms with Crippen LogP contribution in [0.25, 0.3) is 28.0 Å². The number of nitrogens with zero attached hydrogens (tertiary/aromatic N) is 4. The Hall–Kier alpha value is -3.84. The Morgan fingerprint density at radius 3 is 2.83 bits per heavy atom. The van der Waals surface area contributed by atoms with E-state index in [0.717, 1.165) is 23.1 Å². The lowest BCUT2D eigenvalue weighted by Gasteiger charge is -2.33. The van der Waals surface area contributed by atoms with Crippen molar-refractivity contribution in [2.24, 2.45) is 0 Å². The van der Waals surface area contributed by atoms with Gasteiger partial charge < -0.3 is 9.30 Å². The highest BCUT2D eigenvalue weighted by Gasteiger charge is 2.30. The molecule has 0 N–H and O–H groups in total. The van der Waals surface area contributed by atoms with Gasteiger partial charge in [0.25, 0.3) is 5.91 Å². The molecule has 0 aliphatic carbocycles. The Labute approximate surface area is 206 Å². The number of hydrogen-bond acceptors (Lipinski definition) is 4. The van der Waals surface area contributed by atoms with Crippen molar-refractivity contribution < 1.29 is 9.18 Å². The van der Waals surface area contributed by atoms with Gasteiger partial charge in [0.05, 0.1) is 17.3 Å². The third kappa shape index (κ3) is 3.72. The summed E-state index contributed by atoms with van der Waals surface area (Å²) in [6.45, 7) is 4.62. The van der Waals surface area contributed by atoms with Crippen molar-refractivity contribution in [2.45, 2.75) is 26.3 Å². The van der Waals surface area contributed by atoms with Crippen molar-refractivity contribution in [3.05, 3.63) is 100 Å². The summed E-state index contributed by atoms with van der Waals surface area (Å²) in [6.07, 6.45) is 7.92. The molecule has 0 spiro atoms. The minimum absolute atomic E-state index is 0.00930. The Kier molecular flexibility index (Phi) is 5.22. The molecule has 1 aliphatic rings. The van der Waals surface area contributed by atoms with E-state index >= 15 is 0 Å². The van der Waals surface area contributed by atoms with E-state index in [9.17, 15) is 9.18 Å². The number of aryl methyl sites for hydroxylation is 1. The van der Waals surface area contributed by atoms with Crippen molar-refractivity contribution in [3.8, 4) is 22.4 Å². The molecule has 5 nitrogen and oxygen atoms in total. The van der Waals surface area contributed by atoms with Crippen LogP contribution in [0.3, 0.4) is 0 Å². The fourth-order valence-electron chi connectivity index (χ4n) is 4.86. The molecule has 5 aromatic rings. The summed E-state index contributed by atoms with van der Waals surface area (Å²) < 4.78 is 16.6. The highest BCUT2D eigenvalue weighted by atomic mass is 32.1. The molecular formula is C28H23FN4OS. The van der Waals surface area contributed by atoms with Crippen molar-refractivity contribution in [1.29, 1.82) is 0 Å². The van der Waals surface area contributed by atoms with E-state index in [1.165, 1.54) is 16.5 Å². The van der Waals surface area contributed by atoms with Crippen LogP contribution in [0.1, 0.15) is 39.3 Å². The number of imidazole rings is 1. The number of fused-ring (bicyclic) bond motifs is 2. The van der Waals surface area contributed by atoms with Gasteiger partial charge in [-0.25, -0.2) is 9.37 Å². The largest absolute Gasteiger partial charge is 0.331 e. The first-order valence-electron chi connectivity index (χ1n) is 11.6. The molecule has 1 atom stereocenters. The summed E-state index contributed by atoms with van der Waals surface area (Å²) in [5, 5.41) is 2.10. The average molecular weight is 483 g/mol. The van der Waals surface area contributed by atoms with E-state index in [2.05, 4.69) is 23.4 Å². The number of carbonyl (C=O) groups is 1. The molecule has 7 heteroatoms. The first kappa shape index (κ1) is 21.7. The van der Waals surface area contributed by atoms with Crippen molar-refractivity contribution in [3.63, 3.8) is 0 Å². The minimum atomic E-state index is -0.318. The number of amides is 1. The fraction of sp³-hybridized carbons (Fsp3) is 0.179. The van der Waals surface area contributed by atoms with Crippen LogP contribution in [0.5, 0.6) is 0 Å². The van der Waals surface area contributed by atoms with Gasteiger partial charge in [-0.1, -0.05) is 12.1 Å². The molecule has 1 amide bonds. The number of hydrogen-bond donors (Lipinski definition) is 0. The van der Waals surface area contributed by atoms with Crippen LogP contribution in [0.2, 0.25) is 0 Å². The maximum atomic E-state index is 14.8. The molecule has 5 heterocycles. The summed E-state index contributed by atoms with van der Waals surface area (Å²) in [7, 11) is 0. The fourth-order valence-corrected chi connectivity index (χ4v) is 5.82. The summed E-state index contributed by atoms with van der Waals surface area (Å²) in [5.74, 6) is -0.348. The zero-order valence-electron chi connectivity index (χ0n) is 19.4. The summed E-state index contributed by atoms with van der Waals surface area (Å²) in [5.41, 5.74) is 5.87. The van der Waals surface area contributed by atoms with Crippen LogP contribution in [0, 0.1) is 12.7 Å². The van der Waals surface area contributed by atoms with Crippen LogP contribution < -0.4 is 0 Å². The van der Waals surface area contributed by atoms with Gasteiger partial charge >= 0.3 is 0 Å². The lowest BCUT2D eigenvalue weighted by atomic mass is 10.00. The van der Waals surface area contributed by atoms with Gasteiger partial charge in [-0.05, 0) is 67.1 Å². The second-order valence-corrected chi connectivity index (χ2v) is 9.95. The monoisotopic (exact) mass is 482 g/mol. The summed E-state index contributed by atoms with van der Waals surface area (Å²) >= 11 is 1.75. The molecule has 1 aliphatic heterocycles. The van der Waals surface area contributed by atoms with Crippen LogP contribution >= 0.6 is 11.3 Å². The van der Waals surface area contributed by atoms with Gasteiger partial charge in [-0.15, -0.1) is 11.3 Å². The predicted molar refractivity (Wildman–Crippen MR) is 136 cm³/mol. The van der Waals surface area contributed by atoms with Crippen molar-refractivity contribution in [1.82, 2.24) is 19.3 Å². The van der Waals surface area contributed by atoms with Crippen LogP contribution in [-0.2, 0) is 6.42 Å². The van der Waals surface area contributed by atoms with E-state index in [0.29, 0.717) is 29.0 Å². The number of benzene rings is 1. The van der Waals surface area contributed by atoms with Crippen LogP contribution in [0.15, 0.2) is 72.6 Å². The van der Waals surface area contributed by atoms with Crippen LogP contribution in [-0.4, -0.2) is 31.7 Å². The summed E-state index contributed by atoms with van der Waals surface area (Å²) in [4.78, 5) is 26.1. The van der Waals surface area contributed by atoms with Gasteiger partial charge in [0, 0.05) is 52.9 Å². The zero-order valence-corrected chi connectivity index (χ0v) is 20.2. The number of halogens is 1. The second kappa shape index (κ2) is 8.43. The maximum absolute atomic E-state index is 14.8. The smallest absolute Gasteiger partial charge is 0.255 e. The Morgan fingerprint density at radius 1 is 1.14 bits per heavy atom. The standard InChI is InChI=1S/C28H23FN4OS/c1-17-5-6-22(24(29)12-17)25-16-32-15-20(13-23(27(32)31-25)19-4-3-9-30-14-19)28(34)33-10-7-26-21(18(33)2)8-11-35-26/h3-6,8-9,11-16,18H,7,10H2,1-2H3/t18-/m1/s1. The number of carbonyl (C=O) groups excluding carboxylic acids is 1. The Bertz CT molecular complexity index is 1570. The number of rotatable bonds is 3. The first-order chi connectivity index (χ1) is 17.0. The molecule has 0 fully saturated rings. The van der Waals surface area contributed by atoms with Crippen molar-refractivity contribution in [2.75, 3.05) is 6.54 Å². The van der Waals surface area contributed by atoms with Gasteiger partial charge in [-0.2, -0.15) is 0 Å². The van der Waals surface area contributed by atoms with Gasteiger partial charge in [-0.3, -0.25) is 9.78 Å². The number of pyridine rings is 2. The highest BCUT2D eigenvalue weighted by molar-refractivity contribution is 7.10. The van der Waals surface area contributed by atoms with E-state index in [4.69, 9.17) is 4.98 Å². The van der Waals surface area contributed by atoms with E-state index in [-0.39, 0.29) is 17.8 Å². The third-order valence-electron chi connectivity index (χ3n) is 6.71. The Balaban J connectivity index is 1.49. The molecule has 0 saturated carbocycles. The summed E-state index contributed by atoms with van der Waals surface area (Å²) in [6, 6.07) is 12.9. The normalized spacial score (nSPS) is 15.4. The number of aromatic nitrogens is 3. The van der Waals surface area contributed by atoms with Gasteiger partial charge in [0.15, 0.2) is 0 Å². The van der Waals surface area contributed by atoms with Crippen molar-refractivity contribution >= 4 is 22.9 Å². The minimum Gasteiger partial charge on any atom is -0.331 e. The lowest BCUT2D eigenvalue weighted by Crippen LogP contribution is -2.38. The molecule has 4 aromatic heterocycles. The van der Waals surface area contributed by atoms with E-state index in [1.54, 1.807) is 42.2 Å². The molecule has 0 bridgehead atoms. The highest BCUT2D eigenvalue weighted by Crippen LogP contribution is 2.35. The molecule has 1 aromatic carbocycles. The average Bonchev–Trinajstić information content (AvgIpc) is 3.51. The molecule has 0 radical (unpaired) electrons. The molecule has 174 valence electrons. The van der Waals surface area contributed by atoms with Gasteiger partial charge in [0.1, 0.15) is 11.5 Å². The molecule has 0 unspecified atom stereocenters. The SMILES string of the molecule is Cc1ccc(-c2cn3cc(C(=O)N4CCc5sccc5[C@H]4C)cc(-c4cccnc4)c3n2)c(F)c1.